The highest BCUT2D eigenvalue weighted by Gasteiger charge is 2.63. The van der Waals surface area contributed by atoms with E-state index in [0.29, 0.717) is 6.54 Å². The summed E-state index contributed by atoms with van der Waals surface area (Å²) in [5.74, 6) is 0.153. The van der Waals surface area contributed by atoms with Crippen LogP contribution in [0.25, 0.3) is 0 Å². The van der Waals surface area contributed by atoms with E-state index in [9.17, 15) is 13.2 Å². The molecule has 0 bridgehead atoms. The van der Waals surface area contributed by atoms with Gasteiger partial charge < -0.3 is 11.1 Å². The molecule has 15 heavy (non-hydrogen) atoms. The van der Waals surface area contributed by atoms with Crippen molar-refractivity contribution in [2.75, 3.05) is 6.54 Å². The van der Waals surface area contributed by atoms with Gasteiger partial charge in [0.25, 0.3) is 0 Å². The molecule has 2 unspecified atom stereocenters. The van der Waals surface area contributed by atoms with E-state index in [4.69, 9.17) is 5.73 Å². The molecule has 2 aliphatic rings. The van der Waals surface area contributed by atoms with E-state index in [1.807, 2.05) is 12.2 Å². The van der Waals surface area contributed by atoms with Crippen LogP contribution in [0.5, 0.6) is 0 Å². The highest BCUT2D eigenvalue weighted by atomic mass is 19.4. The summed E-state index contributed by atoms with van der Waals surface area (Å²) in [7, 11) is 0. The second-order valence-corrected chi connectivity index (χ2v) is 4.51. The SMILES string of the molecule is NC1C=CC(CNC2(C(F)(F)F)CC2)C1. The van der Waals surface area contributed by atoms with Gasteiger partial charge in [0.15, 0.2) is 0 Å². The molecule has 1 saturated carbocycles. The smallest absolute Gasteiger partial charge is 0.324 e. The number of alkyl halides is 3. The average Bonchev–Trinajstić information content (AvgIpc) is 2.82. The van der Waals surface area contributed by atoms with Crippen LogP contribution < -0.4 is 11.1 Å². The lowest BCUT2D eigenvalue weighted by atomic mass is 10.1. The van der Waals surface area contributed by atoms with Crippen LogP contribution in [-0.2, 0) is 0 Å². The maximum atomic E-state index is 12.5. The van der Waals surface area contributed by atoms with Gasteiger partial charge in [-0.2, -0.15) is 13.2 Å². The molecule has 86 valence electrons. The quantitative estimate of drug-likeness (QED) is 0.708. The van der Waals surface area contributed by atoms with Crippen molar-refractivity contribution in [3.8, 4) is 0 Å². The number of nitrogens with two attached hydrogens (primary N) is 1. The van der Waals surface area contributed by atoms with Crippen LogP contribution in [0.2, 0.25) is 0 Å². The number of hydrogen-bond acceptors (Lipinski definition) is 2. The van der Waals surface area contributed by atoms with Crippen molar-refractivity contribution >= 4 is 0 Å². The molecule has 1 fully saturated rings. The van der Waals surface area contributed by atoms with Gasteiger partial charge in [-0.3, -0.25) is 0 Å². The van der Waals surface area contributed by atoms with E-state index in [0.717, 1.165) is 6.42 Å². The Kier molecular flexibility index (Phi) is 2.55. The highest BCUT2D eigenvalue weighted by molar-refractivity contribution is 5.10. The molecule has 0 heterocycles. The van der Waals surface area contributed by atoms with Crippen molar-refractivity contribution < 1.29 is 13.2 Å². The fourth-order valence-electron chi connectivity index (χ4n) is 1.97. The first kappa shape index (κ1) is 11.0. The Hall–Kier alpha value is -0.550. The molecule has 0 aromatic heterocycles. The predicted octanol–water partition coefficient (Wildman–Crippen LogP) is 1.57. The summed E-state index contributed by atoms with van der Waals surface area (Å²) in [5.41, 5.74) is 4.04. The average molecular weight is 220 g/mol. The fourth-order valence-corrected chi connectivity index (χ4v) is 1.97. The van der Waals surface area contributed by atoms with Crippen molar-refractivity contribution in [1.29, 1.82) is 0 Å². The molecule has 0 amide bonds. The Morgan fingerprint density at radius 2 is 2.00 bits per heavy atom. The van der Waals surface area contributed by atoms with Crippen LogP contribution in [0.15, 0.2) is 12.2 Å². The second kappa shape index (κ2) is 3.49. The first-order chi connectivity index (χ1) is 6.93. The van der Waals surface area contributed by atoms with Gasteiger partial charge in [-0.15, -0.1) is 0 Å². The van der Waals surface area contributed by atoms with Crippen LogP contribution in [0, 0.1) is 5.92 Å². The van der Waals surface area contributed by atoms with Gasteiger partial charge in [-0.25, -0.2) is 0 Å². The molecule has 0 aromatic carbocycles. The van der Waals surface area contributed by atoms with Crippen molar-refractivity contribution in [3.05, 3.63) is 12.2 Å². The maximum Gasteiger partial charge on any atom is 0.406 e. The third-order valence-corrected chi connectivity index (χ3v) is 3.20. The Morgan fingerprint density at radius 1 is 1.33 bits per heavy atom. The van der Waals surface area contributed by atoms with Gasteiger partial charge in [0.1, 0.15) is 5.54 Å². The summed E-state index contributed by atoms with van der Waals surface area (Å²) < 4.78 is 37.6. The number of nitrogens with one attached hydrogen (secondary N) is 1. The summed E-state index contributed by atoms with van der Waals surface area (Å²) in [6, 6.07) is 0.0119. The Bertz CT molecular complexity index is 268. The molecular weight excluding hydrogens is 205 g/mol. The summed E-state index contributed by atoms with van der Waals surface area (Å²) in [5, 5.41) is 2.64. The normalized spacial score (nSPS) is 33.3. The minimum absolute atomic E-state index is 0.0119. The first-order valence-corrected chi connectivity index (χ1v) is 5.19. The molecule has 2 atom stereocenters. The summed E-state index contributed by atoms with van der Waals surface area (Å²) in [6.45, 7) is 0.379. The molecule has 3 N–H and O–H groups in total. The largest absolute Gasteiger partial charge is 0.406 e. The van der Waals surface area contributed by atoms with E-state index in [2.05, 4.69) is 5.32 Å². The van der Waals surface area contributed by atoms with E-state index in [1.54, 1.807) is 0 Å². The monoisotopic (exact) mass is 220 g/mol. The van der Waals surface area contributed by atoms with Gasteiger partial charge >= 0.3 is 6.18 Å². The fraction of sp³-hybridized carbons (Fsp3) is 0.800. The Morgan fingerprint density at radius 3 is 2.40 bits per heavy atom. The molecule has 0 aliphatic heterocycles. The highest BCUT2D eigenvalue weighted by Crippen LogP contribution is 2.49. The Labute approximate surface area is 86.7 Å². The minimum atomic E-state index is -4.11. The summed E-state index contributed by atoms with van der Waals surface area (Å²) >= 11 is 0. The van der Waals surface area contributed by atoms with Crippen LogP contribution in [0.4, 0.5) is 13.2 Å². The molecular formula is C10H15F3N2. The predicted molar refractivity (Wildman–Crippen MR) is 51.2 cm³/mol. The van der Waals surface area contributed by atoms with Crippen LogP contribution >= 0.6 is 0 Å². The molecule has 2 rings (SSSR count). The second-order valence-electron chi connectivity index (χ2n) is 4.51. The molecule has 2 nitrogen and oxygen atoms in total. The maximum absolute atomic E-state index is 12.5. The van der Waals surface area contributed by atoms with E-state index in [1.165, 1.54) is 0 Å². The summed E-state index contributed by atoms with van der Waals surface area (Å²) in [6.07, 6.45) is 0.819. The lowest BCUT2D eigenvalue weighted by molar-refractivity contribution is -0.166. The van der Waals surface area contributed by atoms with Gasteiger partial charge in [0, 0.05) is 12.6 Å². The Balaban J connectivity index is 1.82. The third kappa shape index (κ3) is 2.18. The lowest BCUT2D eigenvalue weighted by Crippen LogP contribution is -2.46. The number of halogens is 3. The van der Waals surface area contributed by atoms with E-state index in [-0.39, 0.29) is 24.8 Å². The van der Waals surface area contributed by atoms with Crippen LogP contribution in [0.3, 0.4) is 0 Å². The zero-order chi connectivity index (χ0) is 11.1. The lowest BCUT2D eigenvalue weighted by Gasteiger charge is -2.22. The standard InChI is InChI=1S/C10H15F3N2/c11-10(12,13)9(3-4-9)15-6-7-1-2-8(14)5-7/h1-2,7-8,15H,3-6,14H2. The molecule has 2 aliphatic carbocycles. The van der Waals surface area contributed by atoms with Gasteiger partial charge in [-0.05, 0) is 25.2 Å². The van der Waals surface area contributed by atoms with Gasteiger partial charge in [-0.1, -0.05) is 12.2 Å². The first-order valence-electron chi connectivity index (χ1n) is 5.19. The molecule has 0 saturated heterocycles. The zero-order valence-corrected chi connectivity index (χ0v) is 8.35. The van der Waals surface area contributed by atoms with Crippen molar-refractivity contribution in [3.63, 3.8) is 0 Å². The number of rotatable bonds is 3. The van der Waals surface area contributed by atoms with Gasteiger partial charge in [0.2, 0.25) is 0 Å². The van der Waals surface area contributed by atoms with Crippen molar-refractivity contribution in [1.82, 2.24) is 5.32 Å². The van der Waals surface area contributed by atoms with Crippen LogP contribution in [0.1, 0.15) is 19.3 Å². The van der Waals surface area contributed by atoms with Crippen molar-refractivity contribution in [2.45, 2.75) is 37.0 Å². The van der Waals surface area contributed by atoms with E-state index >= 15 is 0 Å². The summed E-state index contributed by atoms with van der Waals surface area (Å²) in [4.78, 5) is 0. The number of hydrogen-bond donors (Lipinski definition) is 2. The van der Waals surface area contributed by atoms with Crippen LogP contribution in [-0.4, -0.2) is 24.3 Å². The molecule has 0 spiro atoms. The van der Waals surface area contributed by atoms with Gasteiger partial charge in [0.05, 0.1) is 0 Å². The minimum Gasteiger partial charge on any atom is -0.324 e. The zero-order valence-electron chi connectivity index (χ0n) is 8.35. The van der Waals surface area contributed by atoms with E-state index < -0.39 is 11.7 Å². The molecule has 5 heteroatoms. The topological polar surface area (TPSA) is 38.0 Å². The van der Waals surface area contributed by atoms with Crippen molar-refractivity contribution in [2.24, 2.45) is 11.7 Å². The molecule has 0 aromatic rings. The molecule has 0 radical (unpaired) electrons. The third-order valence-electron chi connectivity index (χ3n) is 3.20.